The highest BCUT2D eigenvalue weighted by Crippen LogP contribution is 2.42. The first-order valence-electron chi connectivity index (χ1n) is 9.09. The quantitative estimate of drug-likeness (QED) is 0.546. The summed E-state index contributed by atoms with van der Waals surface area (Å²) in [6.45, 7) is 4.32. The number of ether oxygens (including phenoxy) is 2. The highest BCUT2D eigenvalue weighted by molar-refractivity contribution is 5.55. The molecule has 0 fully saturated rings. The predicted octanol–water partition coefficient (Wildman–Crippen LogP) is 2.17. The van der Waals surface area contributed by atoms with Crippen molar-refractivity contribution in [1.29, 1.82) is 0 Å². The summed E-state index contributed by atoms with van der Waals surface area (Å²) in [6, 6.07) is 4.24. The monoisotopic (exact) mass is 385 g/mol. The second kappa shape index (κ2) is 6.05. The van der Waals surface area contributed by atoms with Crippen molar-refractivity contribution in [2.75, 3.05) is 18.5 Å². The van der Waals surface area contributed by atoms with Crippen LogP contribution in [0.2, 0.25) is 0 Å². The average Bonchev–Trinajstić information content (AvgIpc) is 3.09. The van der Waals surface area contributed by atoms with Crippen LogP contribution < -0.4 is 20.1 Å². The summed E-state index contributed by atoms with van der Waals surface area (Å²) >= 11 is 0. The van der Waals surface area contributed by atoms with Gasteiger partial charge in [0.1, 0.15) is 24.5 Å². The van der Waals surface area contributed by atoms with Gasteiger partial charge in [0, 0.05) is 24.4 Å². The molecule has 146 valence electrons. The Bertz CT molecular complexity index is 1070. The van der Waals surface area contributed by atoms with Crippen LogP contribution in [0.25, 0.3) is 5.65 Å². The van der Waals surface area contributed by atoms with Gasteiger partial charge in [0.05, 0.1) is 17.8 Å². The molecule has 4 bridgehead atoms. The second-order valence-corrected chi connectivity index (χ2v) is 7.49. The number of rotatable bonds is 0. The summed E-state index contributed by atoms with van der Waals surface area (Å²) in [5.41, 5.74) is 0.980. The lowest BCUT2D eigenvalue weighted by atomic mass is 10.0. The fourth-order valence-electron chi connectivity index (χ4n) is 3.60. The summed E-state index contributed by atoms with van der Waals surface area (Å²) in [5, 5.41) is 21.2. The summed E-state index contributed by atoms with van der Waals surface area (Å²) < 4.78 is 27.8. The number of aliphatic hydroxyl groups excluding tert-OH is 1. The molecular weight excluding hydrogens is 365 g/mol. The molecule has 0 amide bonds. The van der Waals surface area contributed by atoms with E-state index in [4.69, 9.17) is 9.47 Å². The van der Waals surface area contributed by atoms with Gasteiger partial charge in [-0.3, -0.25) is 5.32 Å². The fourth-order valence-corrected chi connectivity index (χ4v) is 3.60. The van der Waals surface area contributed by atoms with Crippen molar-refractivity contribution in [3.05, 3.63) is 47.5 Å². The summed E-state index contributed by atoms with van der Waals surface area (Å²) in [4.78, 5) is 4.57. The Labute approximate surface area is 160 Å². The lowest BCUT2D eigenvalue weighted by Gasteiger charge is -2.37. The fraction of sp³-hybridized carbons (Fsp3) is 0.368. The molecule has 28 heavy (non-hydrogen) atoms. The van der Waals surface area contributed by atoms with Gasteiger partial charge in [0.2, 0.25) is 0 Å². The Hall–Kier alpha value is -2.91. The molecule has 1 aromatic carbocycles. The molecule has 0 radical (unpaired) electrons. The minimum Gasteiger partial charge on any atom is -0.485 e. The first kappa shape index (κ1) is 17.2. The van der Waals surface area contributed by atoms with Crippen LogP contribution in [-0.4, -0.2) is 38.5 Å². The molecule has 8 nitrogen and oxygen atoms in total. The predicted molar refractivity (Wildman–Crippen MR) is 98.9 cm³/mol. The van der Waals surface area contributed by atoms with Crippen LogP contribution in [0.4, 0.5) is 10.2 Å². The zero-order valence-corrected chi connectivity index (χ0v) is 15.4. The standard InChI is InChI=1S/C19H20FN5O3/c1-10-12-5-11(20)6-14-16(12)28-19(2,9-27-14)8-21-18(26)13-7-22-25-4-3-15(23-10)24-17(13)25/h3-7,10,18,21,26H,8-9H2,1-2H3,(H,23,24)/t10-,18?,19+/m1/s1. The van der Waals surface area contributed by atoms with Crippen molar-refractivity contribution in [3.63, 3.8) is 0 Å². The van der Waals surface area contributed by atoms with Crippen LogP contribution in [0.1, 0.15) is 37.2 Å². The Balaban J connectivity index is 1.67. The maximum absolute atomic E-state index is 14.2. The van der Waals surface area contributed by atoms with E-state index in [1.165, 1.54) is 12.1 Å². The van der Waals surface area contributed by atoms with Crippen LogP contribution in [0, 0.1) is 5.82 Å². The van der Waals surface area contributed by atoms with Crippen LogP contribution in [0.5, 0.6) is 11.5 Å². The lowest BCUT2D eigenvalue weighted by Crippen LogP contribution is -2.50. The second-order valence-electron chi connectivity index (χ2n) is 7.49. The molecule has 2 aromatic heterocycles. The zero-order chi connectivity index (χ0) is 19.5. The van der Waals surface area contributed by atoms with Crippen LogP contribution >= 0.6 is 0 Å². The smallest absolute Gasteiger partial charge is 0.167 e. The van der Waals surface area contributed by atoms with Gasteiger partial charge in [-0.2, -0.15) is 5.10 Å². The third-order valence-corrected chi connectivity index (χ3v) is 5.12. The number of nitrogens with one attached hydrogen (secondary N) is 2. The first-order valence-corrected chi connectivity index (χ1v) is 9.09. The van der Waals surface area contributed by atoms with E-state index < -0.39 is 17.6 Å². The highest BCUT2D eigenvalue weighted by Gasteiger charge is 2.36. The van der Waals surface area contributed by atoms with Gasteiger partial charge in [-0.1, -0.05) is 0 Å². The van der Waals surface area contributed by atoms with Crippen LogP contribution in [-0.2, 0) is 0 Å². The topological polar surface area (TPSA) is 92.9 Å². The van der Waals surface area contributed by atoms with E-state index in [0.717, 1.165) is 0 Å². The molecular formula is C19H20FN5O3. The number of nitrogens with zero attached hydrogens (tertiary/aromatic N) is 3. The van der Waals surface area contributed by atoms with Crippen LogP contribution in [0.3, 0.4) is 0 Å². The van der Waals surface area contributed by atoms with E-state index >= 15 is 0 Å². The van der Waals surface area contributed by atoms with E-state index in [1.807, 2.05) is 13.8 Å². The number of halogens is 1. The third-order valence-electron chi connectivity index (χ3n) is 5.12. The molecule has 3 N–H and O–H groups in total. The average molecular weight is 385 g/mol. The molecule has 9 heteroatoms. The molecule has 0 spiro atoms. The van der Waals surface area contributed by atoms with Crippen molar-refractivity contribution >= 4 is 11.5 Å². The molecule has 5 rings (SSSR count). The Morgan fingerprint density at radius 2 is 2.21 bits per heavy atom. The summed E-state index contributed by atoms with van der Waals surface area (Å²) in [6.07, 6.45) is 2.36. The minimum absolute atomic E-state index is 0.222. The van der Waals surface area contributed by atoms with E-state index in [2.05, 4.69) is 20.7 Å². The van der Waals surface area contributed by atoms with E-state index in [0.29, 0.717) is 40.6 Å². The number of hydrogen-bond acceptors (Lipinski definition) is 7. The maximum atomic E-state index is 14.2. The van der Waals surface area contributed by atoms with E-state index in [9.17, 15) is 9.50 Å². The van der Waals surface area contributed by atoms with Gasteiger partial charge in [-0.15, -0.1) is 0 Å². The van der Waals surface area contributed by atoms with Gasteiger partial charge in [0.25, 0.3) is 0 Å². The van der Waals surface area contributed by atoms with Gasteiger partial charge >= 0.3 is 0 Å². The number of aliphatic hydroxyl groups is 1. The molecule has 2 aliphatic rings. The lowest BCUT2D eigenvalue weighted by molar-refractivity contribution is -0.00697. The van der Waals surface area contributed by atoms with Gasteiger partial charge in [-0.05, 0) is 26.0 Å². The Kier molecular flexibility index (Phi) is 3.72. The van der Waals surface area contributed by atoms with Gasteiger partial charge in [0.15, 0.2) is 22.7 Å². The molecule has 4 heterocycles. The summed E-state index contributed by atoms with van der Waals surface area (Å²) in [7, 11) is 0. The van der Waals surface area contributed by atoms with E-state index in [1.54, 1.807) is 23.0 Å². The molecule has 0 aliphatic carbocycles. The largest absolute Gasteiger partial charge is 0.485 e. The van der Waals surface area contributed by atoms with Gasteiger partial charge in [-0.25, -0.2) is 13.9 Å². The highest BCUT2D eigenvalue weighted by atomic mass is 19.1. The molecule has 1 unspecified atom stereocenters. The van der Waals surface area contributed by atoms with Gasteiger partial charge < -0.3 is 19.9 Å². The summed E-state index contributed by atoms with van der Waals surface area (Å²) in [5.74, 6) is 1.05. The molecule has 2 aliphatic heterocycles. The molecule has 3 aromatic rings. The number of aromatic nitrogens is 3. The SMILES string of the molecule is C[C@H]1Nc2ccn3ncc(c3n2)C(O)NC[C@@]2(C)COc3cc(F)cc1c3O2. The van der Waals surface area contributed by atoms with Crippen LogP contribution in [0.15, 0.2) is 30.6 Å². The first-order chi connectivity index (χ1) is 13.4. The van der Waals surface area contributed by atoms with Crippen molar-refractivity contribution in [3.8, 4) is 11.5 Å². The number of benzene rings is 1. The molecule has 0 saturated heterocycles. The molecule has 3 atom stereocenters. The maximum Gasteiger partial charge on any atom is 0.167 e. The van der Waals surface area contributed by atoms with E-state index in [-0.39, 0.29) is 12.6 Å². The normalized spacial score (nSPS) is 26.4. The number of anilines is 1. The number of fused-ring (bicyclic) bond motifs is 2. The van der Waals surface area contributed by atoms with Crippen molar-refractivity contribution in [2.24, 2.45) is 0 Å². The Morgan fingerprint density at radius 3 is 3.07 bits per heavy atom. The molecule has 0 saturated carbocycles. The zero-order valence-electron chi connectivity index (χ0n) is 15.4. The Morgan fingerprint density at radius 1 is 1.36 bits per heavy atom. The number of hydrogen-bond donors (Lipinski definition) is 3. The third kappa shape index (κ3) is 2.74. The van der Waals surface area contributed by atoms with Crippen molar-refractivity contribution in [1.82, 2.24) is 19.9 Å². The van der Waals surface area contributed by atoms with Crippen molar-refractivity contribution < 1.29 is 19.0 Å². The van der Waals surface area contributed by atoms with Crippen molar-refractivity contribution in [2.45, 2.75) is 31.7 Å². The minimum atomic E-state index is -0.979.